The summed E-state index contributed by atoms with van der Waals surface area (Å²) in [6.07, 6.45) is 3.71. The fourth-order valence-electron chi connectivity index (χ4n) is 3.37. The van der Waals surface area contributed by atoms with E-state index in [0.717, 1.165) is 6.42 Å². The van der Waals surface area contributed by atoms with Gasteiger partial charge >= 0.3 is 0 Å². The molecule has 0 spiro atoms. The normalized spacial score (nSPS) is 17.2. The molecule has 1 fully saturated rings. The van der Waals surface area contributed by atoms with Crippen LogP contribution in [-0.2, 0) is 19.6 Å². The van der Waals surface area contributed by atoms with Gasteiger partial charge in [0.2, 0.25) is 15.9 Å². The maximum atomic E-state index is 12.8. The Labute approximate surface area is 191 Å². The molecule has 0 aliphatic carbocycles. The number of anilines is 1. The molecule has 1 N–H and O–H groups in total. The first-order valence-corrected chi connectivity index (χ1v) is 12.0. The topological polar surface area (TPSA) is 94.2 Å². The van der Waals surface area contributed by atoms with Crippen molar-refractivity contribution in [2.24, 2.45) is 0 Å². The van der Waals surface area contributed by atoms with Crippen molar-refractivity contribution in [3.63, 3.8) is 0 Å². The molecule has 10 heteroatoms. The minimum absolute atomic E-state index is 0.121. The van der Waals surface area contributed by atoms with Crippen LogP contribution in [0.3, 0.4) is 0 Å². The summed E-state index contributed by atoms with van der Waals surface area (Å²) >= 11 is 6.28. The van der Waals surface area contributed by atoms with Crippen LogP contribution in [0.5, 0.6) is 11.5 Å². The van der Waals surface area contributed by atoms with Crippen LogP contribution in [0.25, 0.3) is 6.08 Å². The Bertz CT molecular complexity index is 1130. The van der Waals surface area contributed by atoms with Gasteiger partial charge in [-0.05, 0) is 42.0 Å². The van der Waals surface area contributed by atoms with Crippen LogP contribution in [0.15, 0.2) is 47.4 Å². The van der Waals surface area contributed by atoms with E-state index >= 15 is 0 Å². The second-order valence-electron chi connectivity index (χ2n) is 7.25. The second-order valence-corrected chi connectivity index (χ2v) is 9.59. The third kappa shape index (κ3) is 5.24. The smallest absolute Gasteiger partial charge is 0.248 e. The molecular formula is C22H23ClN2O6S. The number of halogens is 1. The first kappa shape index (κ1) is 22.6. The van der Waals surface area contributed by atoms with Gasteiger partial charge in [0.05, 0.1) is 36.3 Å². The Kier molecular flexibility index (Phi) is 7.00. The van der Waals surface area contributed by atoms with Gasteiger partial charge in [0.25, 0.3) is 0 Å². The average Bonchev–Trinajstić information content (AvgIpc) is 3.04. The lowest BCUT2D eigenvalue weighted by molar-refractivity contribution is -0.111. The van der Waals surface area contributed by atoms with Gasteiger partial charge in [0.15, 0.2) is 11.5 Å². The third-order valence-electron chi connectivity index (χ3n) is 4.96. The van der Waals surface area contributed by atoms with Gasteiger partial charge in [-0.2, -0.15) is 4.31 Å². The van der Waals surface area contributed by atoms with E-state index in [2.05, 4.69) is 5.32 Å². The largest absolute Gasteiger partial charge is 0.489 e. The van der Waals surface area contributed by atoms with Crippen molar-refractivity contribution in [2.75, 3.05) is 44.8 Å². The number of morpholine rings is 1. The Hall–Kier alpha value is -2.59. The standard InChI is InChI=1S/C22H23ClN2O6S/c23-19-13-16(14-20-22(19)31-10-2-9-30-20)5-6-21(26)24-17-3-1-4-18(15-17)32(27,28)25-7-11-29-12-8-25/h1,3-6,13-15H,2,7-12H2,(H,24,26). The van der Waals surface area contributed by atoms with E-state index in [9.17, 15) is 13.2 Å². The molecule has 0 saturated carbocycles. The molecule has 2 aliphatic heterocycles. The molecule has 1 amide bonds. The van der Waals surface area contributed by atoms with Gasteiger partial charge < -0.3 is 19.5 Å². The first-order valence-electron chi connectivity index (χ1n) is 10.2. The molecule has 32 heavy (non-hydrogen) atoms. The number of nitrogens with zero attached hydrogens (tertiary/aromatic N) is 1. The molecule has 8 nitrogen and oxygen atoms in total. The van der Waals surface area contributed by atoms with E-state index in [4.69, 9.17) is 25.8 Å². The number of hydrogen-bond donors (Lipinski definition) is 1. The van der Waals surface area contributed by atoms with Crippen molar-refractivity contribution < 1.29 is 27.4 Å². The van der Waals surface area contributed by atoms with E-state index < -0.39 is 15.9 Å². The molecule has 1 saturated heterocycles. The highest BCUT2D eigenvalue weighted by Crippen LogP contribution is 2.38. The minimum atomic E-state index is -3.65. The molecule has 2 aromatic rings. The van der Waals surface area contributed by atoms with Crippen LogP contribution in [0.4, 0.5) is 5.69 Å². The lowest BCUT2D eigenvalue weighted by Crippen LogP contribution is -2.40. The van der Waals surface area contributed by atoms with Gasteiger partial charge in [0.1, 0.15) is 0 Å². The van der Waals surface area contributed by atoms with Crippen molar-refractivity contribution >= 4 is 39.3 Å². The number of carbonyl (C=O) groups excluding carboxylic acids is 1. The van der Waals surface area contributed by atoms with Gasteiger partial charge in [-0.15, -0.1) is 0 Å². The number of fused-ring (bicyclic) bond motifs is 1. The maximum absolute atomic E-state index is 12.8. The highest BCUT2D eigenvalue weighted by molar-refractivity contribution is 7.89. The Morgan fingerprint density at radius 3 is 2.66 bits per heavy atom. The summed E-state index contributed by atoms with van der Waals surface area (Å²) in [5.74, 6) is 0.634. The molecule has 0 atom stereocenters. The van der Waals surface area contributed by atoms with Crippen LogP contribution in [0.2, 0.25) is 5.02 Å². The Morgan fingerprint density at radius 1 is 1.06 bits per heavy atom. The van der Waals surface area contributed by atoms with Gasteiger partial charge in [-0.3, -0.25) is 4.79 Å². The number of benzene rings is 2. The zero-order chi connectivity index (χ0) is 22.6. The van der Waals surface area contributed by atoms with Crippen LogP contribution >= 0.6 is 11.6 Å². The average molecular weight is 479 g/mol. The van der Waals surface area contributed by atoms with Gasteiger partial charge in [0, 0.05) is 31.3 Å². The first-order chi connectivity index (χ1) is 15.4. The summed E-state index contributed by atoms with van der Waals surface area (Å²) < 4.78 is 43.5. The monoisotopic (exact) mass is 478 g/mol. The number of carbonyl (C=O) groups is 1. The van der Waals surface area contributed by atoms with E-state index in [1.54, 1.807) is 30.3 Å². The molecule has 0 aromatic heterocycles. The van der Waals surface area contributed by atoms with Crippen molar-refractivity contribution in [1.29, 1.82) is 0 Å². The zero-order valence-electron chi connectivity index (χ0n) is 17.3. The lowest BCUT2D eigenvalue weighted by Gasteiger charge is -2.26. The fraction of sp³-hybridized carbons (Fsp3) is 0.318. The maximum Gasteiger partial charge on any atom is 0.248 e. The predicted molar refractivity (Wildman–Crippen MR) is 121 cm³/mol. The highest BCUT2D eigenvalue weighted by Gasteiger charge is 2.26. The molecule has 170 valence electrons. The highest BCUT2D eigenvalue weighted by atomic mass is 35.5. The van der Waals surface area contributed by atoms with Crippen LogP contribution in [0.1, 0.15) is 12.0 Å². The summed E-state index contributed by atoms with van der Waals surface area (Å²) in [4.78, 5) is 12.5. The minimum Gasteiger partial charge on any atom is -0.489 e. The number of ether oxygens (including phenoxy) is 3. The van der Waals surface area contributed by atoms with E-state index in [1.165, 1.54) is 22.5 Å². The number of amides is 1. The predicted octanol–water partition coefficient (Wildman–Crippen LogP) is 3.17. The summed E-state index contributed by atoms with van der Waals surface area (Å²) in [5, 5.41) is 3.10. The SMILES string of the molecule is O=C(C=Cc1cc(Cl)c2c(c1)OCCCO2)Nc1cccc(S(=O)(=O)N2CCOCC2)c1. The van der Waals surface area contributed by atoms with Gasteiger partial charge in [-0.25, -0.2) is 8.42 Å². The molecule has 2 aliphatic rings. The number of nitrogens with one attached hydrogen (secondary N) is 1. The zero-order valence-corrected chi connectivity index (χ0v) is 18.8. The molecule has 0 radical (unpaired) electrons. The Morgan fingerprint density at radius 2 is 1.84 bits per heavy atom. The number of sulfonamides is 1. The third-order valence-corrected chi connectivity index (χ3v) is 7.14. The van der Waals surface area contributed by atoms with Crippen molar-refractivity contribution in [3.05, 3.63) is 53.1 Å². The van der Waals surface area contributed by atoms with Gasteiger partial charge in [-0.1, -0.05) is 17.7 Å². The molecule has 2 heterocycles. The summed E-state index contributed by atoms with van der Waals surface area (Å²) in [6.45, 7) is 2.40. The second kappa shape index (κ2) is 9.91. The lowest BCUT2D eigenvalue weighted by atomic mass is 10.2. The van der Waals surface area contributed by atoms with Crippen molar-refractivity contribution in [1.82, 2.24) is 4.31 Å². The quantitative estimate of drug-likeness (QED) is 0.663. The molecule has 0 unspecified atom stereocenters. The molecule has 2 aromatic carbocycles. The molecule has 4 rings (SSSR count). The van der Waals surface area contributed by atoms with Crippen molar-refractivity contribution in [2.45, 2.75) is 11.3 Å². The van der Waals surface area contributed by atoms with Crippen LogP contribution in [-0.4, -0.2) is 58.1 Å². The van der Waals surface area contributed by atoms with Crippen molar-refractivity contribution in [3.8, 4) is 11.5 Å². The molecule has 0 bridgehead atoms. The number of hydrogen-bond acceptors (Lipinski definition) is 6. The van der Waals surface area contributed by atoms with Crippen LogP contribution < -0.4 is 14.8 Å². The molecular weight excluding hydrogens is 456 g/mol. The van der Waals surface area contributed by atoms with Crippen LogP contribution in [0, 0.1) is 0 Å². The van der Waals surface area contributed by atoms with E-state index in [-0.39, 0.29) is 4.90 Å². The number of rotatable bonds is 5. The van der Waals surface area contributed by atoms with E-state index in [0.29, 0.717) is 67.3 Å². The summed E-state index contributed by atoms with van der Waals surface area (Å²) in [6, 6.07) is 9.63. The summed E-state index contributed by atoms with van der Waals surface area (Å²) in [5.41, 5.74) is 1.06. The summed E-state index contributed by atoms with van der Waals surface area (Å²) in [7, 11) is -3.65. The fourth-order valence-corrected chi connectivity index (χ4v) is 5.10. The van der Waals surface area contributed by atoms with E-state index in [1.807, 2.05) is 0 Å². The Balaban J connectivity index is 1.46.